The summed E-state index contributed by atoms with van der Waals surface area (Å²) in [6, 6.07) is 8.62. The summed E-state index contributed by atoms with van der Waals surface area (Å²) < 4.78 is 41.1. The first kappa shape index (κ1) is 23.5. The highest BCUT2D eigenvalue weighted by Crippen LogP contribution is 2.35. The van der Waals surface area contributed by atoms with Crippen LogP contribution in [0.25, 0.3) is 10.9 Å². The largest absolute Gasteiger partial charge is 0.495 e. The standard InChI is InChI=1S/C23H22ClF2NO5/c1-12(2)31-21(28)10-16-13(3)27(19-11-18(24)20(30-4)9-17(16)19)22(29)14-5-7-15(8-6-14)32-23(25)26/h5-9,11-12,23H,10H2,1-4H3. The fourth-order valence-corrected chi connectivity index (χ4v) is 3.71. The third-order valence-corrected chi connectivity index (χ3v) is 5.12. The summed E-state index contributed by atoms with van der Waals surface area (Å²) in [6.07, 6.45) is -0.331. The molecule has 0 N–H and O–H groups in total. The summed E-state index contributed by atoms with van der Waals surface area (Å²) in [4.78, 5) is 25.7. The number of methoxy groups -OCH3 is 1. The van der Waals surface area contributed by atoms with Crippen LogP contribution in [0.2, 0.25) is 5.02 Å². The molecular formula is C23H22ClF2NO5. The lowest BCUT2D eigenvalue weighted by molar-refractivity contribution is -0.146. The van der Waals surface area contributed by atoms with Crippen molar-refractivity contribution < 1.29 is 32.6 Å². The molecule has 0 unspecified atom stereocenters. The number of benzene rings is 2. The van der Waals surface area contributed by atoms with Crippen LogP contribution >= 0.6 is 11.6 Å². The van der Waals surface area contributed by atoms with E-state index in [1.165, 1.54) is 35.9 Å². The number of aromatic nitrogens is 1. The molecule has 1 aromatic heterocycles. The van der Waals surface area contributed by atoms with Crippen LogP contribution in [0.1, 0.15) is 35.5 Å². The molecule has 3 aromatic rings. The van der Waals surface area contributed by atoms with Crippen LogP contribution in [-0.4, -0.2) is 36.3 Å². The molecule has 0 saturated heterocycles. The molecule has 2 aromatic carbocycles. The van der Waals surface area contributed by atoms with Gasteiger partial charge < -0.3 is 14.2 Å². The molecule has 3 rings (SSSR count). The van der Waals surface area contributed by atoms with Gasteiger partial charge in [0.2, 0.25) is 0 Å². The van der Waals surface area contributed by atoms with Gasteiger partial charge in [0.25, 0.3) is 5.91 Å². The fourth-order valence-electron chi connectivity index (χ4n) is 3.48. The van der Waals surface area contributed by atoms with Gasteiger partial charge in [-0.2, -0.15) is 8.78 Å². The molecule has 170 valence electrons. The maximum atomic E-state index is 13.3. The topological polar surface area (TPSA) is 66.8 Å². The van der Waals surface area contributed by atoms with Crippen molar-refractivity contribution in [2.24, 2.45) is 0 Å². The molecule has 0 fully saturated rings. The van der Waals surface area contributed by atoms with Gasteiger partial charge in [-0.05, 0) is 62.7 Å². The Hall–Kier alpha value is -3.13. The van der Waals surface area contributed by atoms with Crippen molar-refractivity contribution in [2.45, 2.75) is 39.9 Å². The van der Waals surface area contributed by atoms with Crippen LogP contribution in [0.15, 0.2) is 36.4 Å². The van der Waals surface area contributed by atoms with E-state index in [0.717, 1.165) is 0 Å². The Morgan fingerprint density at radius 2 is 1.78 bits per heavy atom. The number of hydrogen-bond donors (Lipinski definition) is 0. The van der Waals surface area contributed by atoms with E-state index in [1.807, 2.05) is 0 Å². The Morgan fingerprint density at radius 3 is 2.34 bits per heavy atom. The monoisotopic (exact) mass is 465 g/mol. The number of rotatable bonds is 7. The SMILES string of the molecule is COc1cc2c(CC(=O)OC(C)C)c(C)n(C(=O)c3ccc(OC(F)F)cc3)c2cc1Cl. The van der Waals surface area contributed by atoms with Crippen LogP contribution in [0.4, 0.5) is 8.78 Å². The molecule has 9 heteroatoms. The summed E-state index contributed by atoms with van der Waals surface area (Å²) in [5, 5.41) is 0.916. The number of nitrogens with zero attached hydrogens (tertiary/aromatic N) is 1. The first-order valence-corrected chi connectivity index (χ1v) is 10.2. The van der Waals surface area contributed by atoms with E-state index in [9.17, 15) is 18.4 Å². The molecule has 1 heterocycles. The zero-order valence-corrected chi connectivity index (χ0v) is 18.7. The van der Waals surface area contributed by atoms with Crippen molar-refractivity contribution in [1.29, 1.82) is 0 Å². The summed E-state index contributed by atoms with van der Waals surface area (Å²) in [7, 11) is 1.47. The van der Waals surface area contributed by atoms with Gasteiger partial charge in [-0.3, -0.25) is 14.2 Å². The summed E-state index contributed by atoms with van der Waals surface area (Å²) in [5.41, 5.74) is 1.86. The second-order valence-electron chi connectivity index (χ2n) is 7.33. The highest BCUT2D eigenvalue weighted by atomic mass is 35.5. The number of fused-ring (bicyclic) bond motifs is 1. The second-order valence-corrected chi connectivity index (χ2v) is 7.73. The Bertz CT molecular complexity index is 1160. The summed E-state index contributed by atoms with van der Waals surface area (Å²) in [6.45, 7) is 2.26. The zero-order chi connectivity index (χ0) is 23.6. The van der Waals surface area contributed by atoms with Gasteiger partial charge in [0.15, 0.2) is 0 Å². The first-order valence-electron chi connectivity index (χ1n) is 9.78. The predicted molar refractivity (Wildman–Crippen MR) is 116 cm³/mol. The predicted octanol–water partition coefficient (Wildman–Crippen LogP) is 5.40. The van der Waals surface area contributed by atoms with Crippen LogP contribution in [0.3, 0.4) is 0 Å². The molecule has 0 radical (unpaired) electrons. The van der Waals surface area contributed by atoms with Gasteiger partial charge >= 0.3 is 12.6 Å². The normalized spacial score (nSPS) is 11.3. The highest BCUT2D eigenvalue weighted by Gasteiger charge is 2.24. The highest BCUT2D eigenvalue weighted by molar-refractivity contribution is 6.33. The summed E-state index contributed by atoms with van der Waals surface area (Å²) >= 11 is 6.30. The zero-order valence-electron chi connectivity index (χ0n) is 17.9. The smallest absolute Gasteiger partial charge is 0.387 e. The van der Waals surface area contributed by atoms with Crippen molar-refractivity contribution in [3.05, 3.63) is 58.2 Å². The number of carbonyl (C=O) groups is 2. The lowest BCUT2D eigenvalue weighted by Crippen LogP contribution is -2.16. The third kappa shape index (κ3) is 4.85. The average molecular weight is 466 g/mol. The number of halogens is 3. The molecule has 6 nitrogen and oxygen atoms in total. The number of ether oxygens (including phenoxy) is 3. The van der Waals surface area contributed by atoms with Crippen LogP contribution in [0, 0.1) is 6.92 Å². The minimum atomic E-state index is -2.96. The summed E-state index contributed by atoms with van der Waals surface area (Å²) in [5.74, 6) is -0.510. The molecule has 0 atom stereocenters. The Labute approximate surface area is 188 Å². The van der Waals surface area contributed by atoms with Crippen molar-refractivity contribution in [2.75, 3.05) is 7.11 Å². The van der Waals surface area contributed by atoms with E-state index < -0.39 is 18.5 Å². The van der Waals surface area contributed by atoms with E-state index in [1.54, 1.807) is 32.9 Å². The fraction of sp³-hybridized carbons (Fsp3) is 0.304. The Morgan fingerprint density at radius 1 is 1.12 bits per heavy atom. The van der Waals surface area contributed by atoms with Crippen molar-refractivity contribution in [3.63, 3.8) is 0 Å². The molecular weight excluding hydrogens is 444 g/mol. The van der Waals surface area contributed by atoms with Gasteiger partial charge in [0.1, 0.15) is 11.5 Å². The number of esters is 1. The third-order valence-electron chi connectivity index (χ3n) is 4.83. The maximum Gasteiger partial charge on any atom is 0.387 e. The quantitative estimate of drug-likeness (QED) is 0.437. The molecule has 0 spiro atoms. The number of carbonyl (C=O) groups excluding carboxylic acids is 2. The van der Waals surface area contributed by atoms with E-state index >= 15 is 0 Å². The molecule has 0 aliphatic rings. The second kappa shape index (κ2) is 9.56. The van der Waals surface area contributed by atoms with Gasteiger partial charge in [0, 0.05) is 16.6 Å². The minimum Gasteiger partial charge on any atom is -0.495 e. The van der Waals surface area contributed by atoms with Crippen LogP contribution < -0.4 is 9.47 Å². The Balaban J connectivity index is 2.11. The molecule has 0 saturated carbocycles. The van der Waals surface area contributed by atoms with Gasteiger partial charge in [-0.1, -0.05) is 11.6 Å². The van der Waals surface area contributed by atoms with Crippen molar-refractivity contribution >= 4 is 34.4 Å². The van der Waals surface area contributed by atoms with Gasteiger partial charge in [-0.15, -0.1) is 0 Å². The maximum absolute atomic E-state index is 13.3. The van der Waals surface area contributed by atoms with Crippen molar-refractivity contribution in [3.8, 4) is 11.5 Å². The molecule has 0 bridgehead atoms. The lowest BCUT2D eigenvalue weighted by atomic mass is 10.1. The van der Waals surface area contributed by atoms with E-state index in [0.29, 0.717) is 32.9 Å². The van der Waals surface area contributed by atoms with E-state index in [2.05, 4.69) is 4.74 Å². The lowest BCUT2D eigenvalue weighted by Gasteiger charge is -2.10. The molecule has 0 aliphatic carbocycles. The molecule has 0 aliphatic heterocycles. The number of alkyl halides is 2. The van der Waals surface area contributed by atoms with Crippen LogP contribution in [-0.2, 0) is 16.0 Å². The van der Waals surface area contributed by atoms with E-state index in [-0.39, 0.29) is 23.8 Å². The number of hydrogen-bond acceptors (Lipinski definition) is 5. The molecule has 0 amide bonds. The molecule has 32 heavy (non-hydrogen) atoms. The minimum absolute atomic E-state index is 0.0489. The first-order chi connectivity index (χ1) is 15.1. The van der Waals surface area contributed by atoms with Crippen LogP contribution in [0.5, 0.6) is 11.5 Å². The average Bonchev–Trinajstić information content (AvgIpc) is 2.96. The van der Waals surface area contributed by atoms with Gasteiger partial charge in [-0.25, -0.2) is 0 Å². The Kier molecular flexibility index (Phi) is 7.03. The van der Waals surface area contributed by atoms with E-state index in [4.69, 9.17) is 21.1 Å². The van der Waals surface area contributed by atoms with Gasteiger partial charge in [0.05, 0.1) is 30.2 Å². The van der Waals surface area contributed by atoms with Crippen molar-refractivity contribution in [1.82, 2.24) is 4.57 Å².